The van der Waals surface area contributed by atoms with Gasteiger partial charge in [0.15, 0.2) is 0 Å². The van der Waals surface area contributed by atoms with E-state index in [-0.39, 0.29) is 24.0 Å². The van der Waals surface area contributed by atoms with Crippen LogP contribution in [0.2, 0.25) is 0 Å². The number of nitrogens with one attached hydrogen (secondary N) is 2. The van der Waals surface area contributed by atoms with E-state index in [1.807, 2.05) is 0 Å². The van der Waals surface area contributed by atoms with Crippen LogP contribution in [-0.4, -0.2) is 43.4 Å². The molecule has 1 aromatic carbocycles. The monoisotopic (exact) mass is 353 g/mol. The summed E-state index contributed by atoms with van der Waals surface area (Å²) in [5.74, 6) is -0.694. The van der Waals surface area contributed by atoms with Gasteiger partial charge in [0.2, 0.25) is 21.8 Å². The van der Waals surface area contributed by atoms with Crippen molar-refractivity contribution in [3.8, 4) is 0 Å². The molecule has 0 spiro atoms. The summed E-state index contributed by atoms with van der Waals surface area (Å²) in [6, 6.07) is 6.65. The fraction of sp³-hybridized carbons (Fsp3) is 0.500. The lowest BCUT2D eigenvalue weighted by Gasteiger charge is -2.25. The van der Waals surface area contributed by atoms with Gasteiger partial charge >= 0.3 is 0 Å². The van der Waals surface area contributed by atoms with Crippen molar-refractivity contribution in [2.24, 2.45) is 0 Å². The van der Waals surface area contributed by atoms with E-state index >= 15 is 0 Å². The van der Waals surface area contributed by atoms with E-state index in [1.165, 1.54) is 11.2 Å². The molecule has 1 fully saturated rings. The smallest absolute Gasteiger partial charge is 0.225 e. The van der Waals surface area contributed by atoms with Gasteiger partial charge in [-0.25, -0.2) is 12.7 Å². The Labute approximate surface area is 142 Å². The third-order valence-corrected chi connectivity index (χ3v) is 5.66. The molecule has 0 aromatic heterocycles. The van der Waals surface area contributed by atoms with Crippen LogP contribution < -0.4 is 10.6 Å². The molecule has 0 bridgehead atoms. The minimum Gasteiger partial charge on any atom is -0.326 e. The van der Waals surface area contributed by atoms with E-state index in [0.717, 1.165) is 19.3 Å². The van der Waals surface area contributed by atoms with Crippen LogP contribution in [0.5, 0.6) is 0 Å². The fourth-order valence-electron chi connectivity index (χ4n) is 2.56. The van der Waals surface area contributed by atoms with E-state index in [0.29, 0.717) is 24.5 Å². The van der Waals surface area contributed by atoms with E-state index in [4.69, 9.17) is 0 Å². The van der Waals surface area contributed by atoms with Gasteiger partial charge in [-0.1, -0.05) is 6.42 Å². The molecule has 1 aliphatic heterocycles. The molecular weight excluding hydrogens is 330 g/mol. The molecule has 2 N–H and O–H groups in total. The number of benzene rings is 1. The fourth-order valence-corrected chi connectivity index (χ4v) is 4.07. The van der Waals surface area contributed by atoms with Crippen LogP contribution in [0.25, 0.3) is 0 Å². The third-order valence-electron chi connectivity index (χ3n) is 3.78. The SMILES string of the molecule is CC(=O)Nc1ccc(NC(=O)CCS(=O)(=O)N2CCCCC2)cc1. The summed E-state index contributed by atoms with van der Waals surface area (Å²) in [5.41, 5.74) is 1.19. The second-order valence-corrected chi connectivity index (χ2v) is 7.92. The second-order valence-electron chi connectivity index (χ2n) is 5.83. The Hall–Kier alpha value is -1.93. The maximum absolute atomic E-state index is 12.2. The minimum atomic E-state index is -3.37. The maximum atomic E-state index is 12.2. The molecule has 24 heavy (non-hydrogen) atoms. The maximum Gasteiger partial charge on any atom is 0.225 e. The number of carbonyl (C=O) groups excluding carboxylic acids is 2. The quantitative estimate of drug-likeness (QED) is 0.815. The first-order valence-electron chi connectivity index (χ1n) is 8.02. The molecule has 2 rings (SSSR count). The highest BCUT2D eigenvalue weighted by molar-refractivity contribution is 7.89. The molecule has 1 aromatic rings. The highest BCUT2D eigenvalue weighted by atomic mass is 32.2. The molecule has 0 atom stereocenters. The number of amides is 2. The molecule has 0 unspecified atom stereocenters. The molecule has 1 saturated heterocycles. The number of carbonyl (C=O) groups is 2. The van der Waals surface area contributed by atoms with Crippen molar-refractivity contribution in [3.63, 3.8) is 0 Å². The van der Waals surface area contributed by atoms with Gasteiger partial charge in [-0.05, 0) is 37.1 Å². The predicted molar refractivity (Wildman–Crippen MR) is 93.2 cm³/mol. The Morgan fingerprint density at radius 3 is 2.08 bits per heavy atom. The lowest BCUT2D eigenvalue weighted by molar-refractivity contribution is -0.116. The largest absolute Gasteiger partial charge is 0.326 e. The molecule has 132 valence electrons. The van der Waals surface area contributed by atoms with E-state index in [1.54, 1.807) is 24.3 Å². The topological polar surface area (TPSA) is 95.6 Å². The van der Waals surface area contributed by atoms with Crippen LogP contribution in [0.4, 0.5) is 11.4 Å². The zero-order valence-corrected chi connectivity index (χ0v) is 14.6. The molecular formula is C16H23N3O4S. The number of nitrogens with zero attached hydrogens (tertiary/aromatic N) is 1. The van der Waals surface area contributed by atoms with Gasteiger partial charge in [0.05, 0.1) is 5.75 Å². The molecule has 8 heteroatoms. The van der Waals surface area contributed by atoms with Crippen molar-refractivity contribution < 1.29 is 18.0 Å². The van der Waals surface area contributed by atoms with Gasteiger partial charge < -0.3 is 10.6 Å². The summed E-state index contributed by atoms with van der Waals surface area (Å²) < 4.78 is 25.9. The molecule has 2 amide bonds. The molecule has 0 saturated carbocycles. The van der Waals surface area contributed by atoms with Gasteiger partial charge in [0.1, 0.15) is 0 Å². The highest BCUT2D eigenvalue weighted by Gasteiger charge is 2.24. The van der Waals surface area contributed by atoms with Crippen molar-refractivity contribution >= 4 is 33.2 Å². The zero-order chi connectivity index (χ0) is 17.6. The third kappa shape index (κ3) is 5.61. The van der Waals surface area contributed by atoms with Gasteiger partial charge in [0.25, 0.3) is 0 Å². The van der Waals surface area contributed by atoms with E-state index in [2.05, 4.69) is 10.6 Å². The van der Waals surface area contributed by atoms with Crippen molar-refractivity contribution in [1.82, 2.24) is 4.31 Å². The van der Waals surface area contributed by atoms with Crippen LogP contribution in [-0.2, 0) is 19.6 Å². The summed E-state index contributed by atoms with van der Waals surface area (Å²) in [5, 5.41) is 5.29. The summed E-state index contributed by atoms with van der Waals surface area (Å²) >= 11 is 0. The van der Waals surface area contributed by atoms with Gasteiger partial charge in [0, 0.05) is 37.8 Å². The zero-order valence-electron chi connectivity index (χ0n) is 13.7. The summed E-state index contributed by atoms with van der Waals surface area (Å²) in [4.78, 5) is 22.9. The first-order valence-corrected chi connectivity index (χ1v) is 9.63. The molecule has 1 heterocycles. The van der Waals surface area contributed by atoms with Crippen molar-refractivity contribution in [2.75, 3.05) is 29.5 Å². The second kappa shape index (κ2) is 8.25. The van der Waals surface area contributed by atoms with Gasteiger partial charge in [-0.2, -0.15) is 0 Å². The van der Waals surface area contributed by atoms with E-state index in [9.17, 15) is 18.0 Å². The van der Waals surface area contributed by atoms with Crippen molar-refractivity contribution in [3.05, 3.63) is 24.3 Å². The Morgan fingerprint density at radius 1 is 1.00 bits per heavy atom. The lowest BCUT2D eigenvalue weighted by Crippen LogP contribution is -2.37. The number of rotatable bonds is 6. The average molecular weight is 353 g/mol. The number of sulfonamides is 1. The van der Waals surface area contributed by atoms with Crippen LogP contribution in [0, 0.1) is 0 Å². The average Bonchev–Trinajstić information content (AvgIpc) is 2.55. The lowest BCUT2D eigenvalue weighted by atomic mass is 10.2. The molecule has 0 radical (unpaired) electrons. The Bertz CT molecular complexity index is 680. The number of piperidine rings is 1. The molecule has 7 nitrogen and oxygen atoms in total. The van der Waals surface area contributed by atoms with Crippen LogP contribution in [0.3, 0.4) is 0 Å². The summed E-state index contributed by atoms with van der Waals surface area (Å²) in [7, 11) is -3.37. The summed E-state index contributed by atoms with van der Waals surface area (Å²) in [6.45, 7) is 2.52. The molecule has 0 aliphatic carbocycles. The Balaban J connectivity index is 1.83. The highest BCUT2D eigenvalue weighted by Crippen LogP contribution is 2.16. The van der Waals surface area contributed by atoms with Crippen LogP contribution in [0.1, 0.15) is 32.6 Å². The first kappa shape index (κ1) is 18.4. The Morgan fingerprint density at radius 2 is 1.54 bits per heavy atom. The standard InChI is InChI=1S/C16H23N3O4S/c1-13(20)17-14-5-7-15(8-6-14)18-16(21)9-12-24(22,23)19-10-3-2-4-11-19/h5-8H,2-4,9-12H2,1H3,(H,17,20)(H,18,21). The normalized spacial score (nSPS) is 15.7. The predicted octanol–water partition coefficient (Wildman–Crippen LogP) is 1.79. The van der Waals surface area contributed by atoms with Crippen molar-refractivity contribution in [1.29, 1.82) is 0 Å². The summed E-state index contributed by atoms with van der Waals surface area (Å²) in [6.07, 6.45) is 2.74. The van der Waals surface area contributed by atoms with Crippen LogP contribution in [0.15, 0.2) is 24.3 Å². The van der Waals surface area contributed by atoms with Gasteiger partial charge in [-0.15, -0.1) is 0 Å². The minimum absolute atomic E-state index is 0.0771. The van der Waals surface area contributed by atoms with E-state index < -0.39 is 10.0 Å². The van der Waals surface area contributed by atoms with Crippen molar-refractivity contribution in [2.45, 2.75) is 32.6 Å². The first-order chi connectivity index (χ1) is 11.4. The number of hydrogen-bond acceptors (Lipinski definition) is 4. The molecule has 1 aliphatic rings. The Kier molecular flexibility index (Phi) is 6.33. The van der Waals surface area contributed by atoms with Gasteiger partial charge in [-0.3, -0.25) is 9.59 Å². The number of anilines is 2. The van der Waals surface area contributed by atoms with Crippen LogP contribution >= 0.6 is 0 Å². The number of hydrogen-bond donors (Lipinski definition) is 2.